The van der Waals surface area contributed by atoms with E-state index in [0.29, 0.717) is 23.4 Å². The molecule has 4 heteroatoms. The van der Waals surface area contributed by atoms with Crippen LogP contribution in [0, 0.1) is 17.2 Å². The molecule has 120 valence electrons. The molecule has 24 heavy (non-hydrogen) atoms. The molecule has 0 aliphatic carbocycles. The Morgan fingerprint density at radius 2 is 2.04 bits per heavy atom. The summed E-state index contributed by atoms with van der Waals surface area (Å²) in [5, 5.41) is 11.7. The molecule has 0 radical (unpaired) electrons. The number of nitriles is 1. The van der Waals surface area contributed by atoms with Gasteiger partial charge >= 0.3 is 0 Å². The van der Waals surface area contributed by atoms with Crippen molar-refractivity contribution in [2.45, 2.75) is 19.8 Å². The number of oxazole rings is 1. The van der Waals surface area contributed by atoms with Crippen LogP contribution in [0.5, 0.6) is 0 Å². The number of anilines is 1. The summed E-state index contributed by atoms with van der Waals surface area (Å²) >= 11 is 0. The molecule has 1 fully saturated rings. The van der Waals surface area contributed by atoms with Crippen molar-refractivity contribution in [2.75, 3.05) is 18.0 Å². The molecular weight excluding hydrogens is 298 g/mol. The lowest BCUT2D eigenvalue weighted by Gasteiger charge is -2.30. The molecule has 0 N–H and O–H groups in total. The van der Waals surface area contributed by atoms with Crippen molar-refractivity contribution in [3.63, 3.8) is 0 Å². The zero-order valence-electron chi connectivity index (χ0n) is 13.7. The Balaban J connectivity index is 1.81. The summed E-state index contributed by atoms with van der Waals surface area (Å²) in [5.74, 6) is 1.75. The third-order valence-electron chi connectivity index (χ3n) is 4.68. The molecule has 1 saturated heterocycles. The van der Waals surface area contributed by atoms with E-state index in [2.05, 4.69) is 41.1 Å². The minimum atomic E-state index is 0.382. The Morgan fingerprint density at radius 3 is 2.88 bits per heavy atom. The van der Waals surface area contributed by atoms with E-state index in [-0.39, 0.29) is 0 Å². The number of fused-ring (bicyclic) bond motifs is 1. The van der Waals surface area contributed by atoms with Gasteiger partial charge in [0.05, 0.1) is 0 Å². The number of rotatable bonds is 2. The summed E-state index contributed by atoms with van der Waals surface area (Å²) in [6.07, 6.45) is 2.35. The van der Waals surface area contributed by atoms with E-state index in [4.69, 9.17) is 4.42 Å². The molecule has 0 saturated carbocycles. The van der Waals surface area contributed by atoms with E-state index < -0.39 is 0 Å². The van der Waals surface area contributed by atoms with Crippen LogP contribution in [0.1, 0.15) is 25.5 Å². The molecule has 0 unspecified atom stereocenters. The Labute approximate surface area is 141 Å². The van der Waals surface area contributed by atoms with Gasteiger partial charge < -0.3 is 9.32 Å². The van der Waals surface area contributed by atoms with Gasteiger partial charge in [0.2, 0.25) is 17.5 Å². The molecule has 0 bridgehead atoms. The maximum atomic E-state index is 9.49. The topological polar surface area (TPSA) is 53.1 Å². The molecule has 2 heterocycles. The number of hydrogen-bond donors (Lipinski definition) is 0. The van der Waals surface area contributed by atoms with Gasteiger partial charge in [0.15, 0.2) is 0 Å². The third-order valence-corrected chi connectivity index (χ3v) is 4.68. The second kappa shape index (κ2) is 6.01. The first kappa shape index (κ1) is 14.8. The summed E-state index contributed by atoms with van der Waals surface area (Å²) in [6, 6.07) is 16.4. The standard InChI is InChI=1S/C20H19N3O/c1-14-6-5-11-23(13-14)20-18(12-21)22-19(24-20)17-10-4-8-15-7-2-3-9-16(15)17/h2-4,7-10,14H,5-6,11,13H2,1H3/t14-/m1/s1. The third kappa shape index (κ3) is 2.52. The highest BCUT2D eigenvalue weighted by molar-refractivity contribution is 5.94. The average Bonchev–Trinajstić information content (AvgIpc) is 3.05. The van der Waals surface area contributed by atoms with E-state index in [1.807, 2.05) is 24.3 Å². The van der Waals surface area contributed by atoms with Crippen LogP contribution in [-0.4, -0.2) is 18.1 Å². The highest BCUT2D eigenvalue weighted by atomic mass is 16.4. The fourth-order valence-electron chi connectivity index (χ4n) is 3.50. The van der Waals surface area contributed by atoms with E-state index in [1.54, 1.807) is 0 Å². The minimum Gasteiger partial charge on any atom is -0.419 e. The molecule has 0 amide bonds. The monoisotopic (exact) mass is 317 g/mol. The highest BCUT2D eigenvalue weighted by Crippen LogP contribution is 2.34. The Bertz CT molecular complexity index is 917. The van der Waals surface area contributed by atoms with Crippen LogP contribution >= 0.6 is 0 Å². The van der Waals surface area contributed by atoms with Gasteiger partial charge in [-0.3, -0.25) is 0 Å². The van der Waals surface area contributed by atoms with E-state index in [1.165, 1.54) is 6.42 Å². The summed E-state index contributed by atoms with van der Waals surface area (Å²) in [5.41, 5.74) is 1.31. The summed E-state index contributed by atoms with van der Waals surface area (Å²) in [6.45, 7) is 4.07. The first-order valence-corrected chi connectivity index (χ1v) is 8.40. The van der Waals surface area contributed by atoms with Gasteiger partial charge in [-0.2, -0.15) is 10.2 Å². The zero-order chi connectivity index (χ0) is 16.5. The van der Waals surface area contributed by atoms with Gasteiger partial charge in [-0.1, -0.05) is 43.3 Å². The second-order valence-corrected chi connectivity index (χ2v) is 6.50. The maximum Gasteiger partial charge on any atom is 0.235 e. The Hall–Kier alpha value is -2.80. The van der Waals surface area contributed by atoms with Gasteiger partial charge in [0.1, 0.15) is 6.07 Å². The molecule has 4 rings (SSSR count). The molecule has 1 aromatic heterocycles. The molecular formula is C20H19N3O. The van der Waals surface area contributed by atoms with Gasteiger partial charge in [-0.25, -0.2) is 0 Å². The fourth-order valence-corrected chi connectivity index (χ4v) is 3.50. The van der Waals surface area contributed by atoms with Crippen molar-refractivity contribution < 1.29 is 4.42 Å². The lowest BCUT2D eigenvalue weighted by Crippen LogP contribution is -2.34. The smallest absolute Gasteiger partial charge is 0.235 e. The number of piperidine rings is 1. The normalized spacial score (nSPS) is 17.8. The first-order chi connectivity index (χ1) is 11.8. The van der Waals surface area contributed by atoms with Crippen molar-refractivity contribution in [2.24, 2.45) is 5.92 Å². The van der Waals surface area contributed by atoms with Crippen molar-refractivity contribution in [3.8, 4) is 17.5 Å². The van der Waals surface area contributed by atoms with Crippen molar-refractivity contribution in [1.29, 1.82) is 5.26 Å². The van der Waals surface area contributed by atoms with Gasteiger partial charge in [-0.05, 0) is 35.6 Å². The van der Waals surface area contributed by atoms with Crippen LogP contribution in [0.2, 0.25) is 0 Å². The molecule has 1 aliphatic rings. The lowest BCUT2D eigenvalue weighted by atomic mass is 10.0. The Kier molecular flexibility index (Phi) is 3.70. The van der Waals surface area contributed by atoms with Crippen molar-refractivity contribution >= 4 is 16.7 Å². The first-order valence-electron chi connectivity index (χ1n) is 8.40. The van der Waals surface area contributed by atoms with Crippen molar-refractivity contribution in [3.05, 3.63) is 48.2 Å². The van der Waals surface area contributed by atoms with Crippen LogP contribution in [0.25, 0.3) is 22.2 Å². The molecule has 1 aliphatic heterocycles. The molecule has 0 spiro atoms. The predicted octanol–water partition coefficient (Wildman–Crippen LogP) is 4.60. The SMILES string of the molecule is C[C@@H]1CCCN(c2oc(-c3cccc4ccccc34)nc2C#N)C1. The average molecular weight is 317 g/mol. The number of hydrogen-bond acceptors (Lipinski definition) is 4. The van der Waals surface area contributed by atoms with E-state index in [0.717, 1.165) is 35.8 Å². The van der Waals surface area contributed by atoms with E-state index in [9.17, 15) is 5.26 Å². The second-order valence-electron chi connectivity index (χ2n) is 6.50. The lowest BCUT2D eigenvalue weighted by molar-refractivity contribution is 0.422. The predicted molar refractivity (Wildman–Crippen MR) is 94.8 cm³/mol. The number of aromatic nitrogens is 1. The summed E-state index contributed by atoms with van der Waals surface area (Å²) in [7, 11) is 0. The van der Waals surface area contributed by atoms with Gasteiger partial charge in [0.25, 0.3) is 0 Å². The minimum absolute atomic E-state index is 0.382. The van der Waals surface area contributed by atoms with Crippen LogP contribution in [0.4, 0.5) is 5.88 Å². The Morgan fingerprint density at radius 1 is 1.21 bits per heavy atom. The van der Waals surface area contributed by atoms with E-state index >= 15 is 0 Å². The summed E-state index contributed by atoms with van der Waals surface area (Å²) in [4.78, 5) is 6.64. The van der Waals surface area contributed by atoms with Crippen LogP contribution in [0.3, 0.4) is 0 Å². The van der Waals surface area contributed by atoms with Gasteiger partial charge in [0, 0.05) is 18.7 Å². The number of nitrogens with zero attached hydrogens (tertiary/aromatic N) is 3. The maximum absolute atomic E-state index is 9.49. The molecule has 3 aromatic rings. The molecule has 1 atom stereocenters. The van der Waals surface area contributed by atoms with Gasteiger partial charge in [-0.15, -0.1) is 0 Å². The molecule has 4 nitrogen and oxygen atoms in total. The zero-order valence-corrected chi connectivity index (χ0v) is 13.7. The largest absolute Gasteiger partial charge is 0.419 e. The van der Waals surface area contributed by atoms with Crippen LogP contribution in [-0.2, 0) is 0 Å². The van der Waals surface area contributed by atoms with Crippen LogP contribution in [0.15, 0.2) is 46.9 Å². The molecule has 2 aromatic carbocycles. The number of benzene rings is 2. The fraction of sp³-hybridized carbons (Fsp3) is 0.300. The summed E-state index contributed by atoms with van der Waals surface area (Å²) < 4.78 is 6.08. The highest BCUT2D eigenvalue weighted by Gasteiger charge is 2.25. The van der Waals surface area contributed by atoms with Crippen LogP contribution < -0.4 is 4.90 Å². The van der Waals surface area contributed by atoms with Crippen molar-refractivity contribution in [1.82, 2.24) is 4.98 Å². The quantitative estimate of drug-likeness (QED) is 0.693.